The van der Waals surface area contributed by atoms with Gasteiger partial charge in [-0.05, 0) is 42.3 Å². The average molecular weight is 327 g/mol. The summed E-state index contributed by atoms with van der Waals surface area (Å²) in [5.41, 5.74) is 9.51. The highest BCUT2D eigenvalue weighted by molar-refractivity contribution is 5.74. The molecule has 0 spiro atoms. The summed E-state index contributed by atoms with van der Waals surface area (Å²) in [5, 5.41) is 4.25. The summed E-state index contributed by atoms with van der Waals surface area (Å²) in [7, 11) is 0. The molecule has 1 aliphatic rings. The summed E-state index contributed by atoms with van der Waals surface area (Å²) >= 11 is 0. The molecule has 0 radical (unpaired) electrons. The Hall–Kier alpha value is -3.04. The van der Waals surface area contributed by atoms with Crippen LogP contribution in [0.25, 0.3) is 5.57 Å². The number of rotatable bonds is 3. The lowest BCUT2D eigenvalue weighted by atomic mass is 10.1. The van der Waals surface area contributed by atoms with Gasteiger partial charge in [0.15, 0.2) is 0 Å². The van der Waals surface area contributed by atoms with Crippen molar-refractivity contribution >= 4 is 16.9 Å². The lowest BCUT2D eigenvalue weighted by Gasteiger charge is -2.37. The van der Waals surface area contributed by atoms with Crippen molar-refractivity contribution in [2.45, 2.75) is 6.92 Å². The fourth-order valence-corrected chi connectivity index (χ4v) is 2.97. The summed E-state index contributed by atoms with van der Waals surface area (Å²) in [6, 6.07) is 29.5. The number of hydrogen-bond acceptors (Lipinski definition) is 3. The molecule has 0 bridgehead atoms. The molecule has 0 atom stereocenters. The van der Waals surface area contributed by atoms with E-state index in [1.807, 2.05) is 6.07 Å². The minimum Gasteiger partial charge on any atom is -0.286 e. The predicted octanol–water partition coefficient (Wildman–Crippen LogP) is 4.78. The van der Waals surface area contributed by atoms with Gasteiger partial charge in [-0.2, -0.15) is 0 Å². The quantitative estimate of drug-likeness (QED) is 0.747. The summed E-state index contributed by atoms with van der Waals surface area (Å²) in [4.78, 5) is 0. The number of hydrogen-bond donors (Lipinski definition) is 1. The molecule has 3 aromatic rings. The molecular formula is C22H21N3. The van der Waals surface area contributed by atoms with Crippen LogP contribution < -0.4 is 15.6 Å². The van der Waals surface area contributed by atoms with Crippen LogP contribution in [0.4, 0.5) is 11.4 Å². The van der Waals surface area contributed by atoms with Crippen molar-refractivity contribution < 1.29 is 0 Å². The van der Waals surface area contributed by atoms with Gasteiger partial charge >= 0.3 is 0 Å². The maximum absolute atomic E-state index is 3.50. The highest BCUT2D eigenvalue weighted by Crippen LogP contribution is 2.26. The van der Waals surface area contributed by atoms with E-state index in [-0.39, 0.29) is 0 Å². The molecule has 0 amide bonds. The molecule has 3 nitrogen and oxygen atoms in total. The largest absolute Gasteiger partial charge is 0.286 e. The SMILES string of the molecule is Cc1ccc(N2C=C(c3ccccc3)CN(c3ccccc3)N2)cc1. The normalized spacial score (nSPS) is 14.4. The van der Waals surface area contributed by atoms with Gasteiger partial charge in [0.2, 0.25) is 0 Å². The molecule has 1 aliphatic heterocycles. The minimum atomic E-state index is 0.802. The molecule has 0 fully saturated rings. The van der Waals surface area contributed by atoms with Gasteiger partial charge in [-0.15, -0.1) is 5.53 Å². The van der Waals surface area contributed by atoms with E-state index >= 15 is 0 Å². The second kappa shape index (κ2) is 6.83. The first-order chi connectivity index (χ1) is 12.3. The van der Waals surface area contributed by atoms with Crippen molar-refractivity contribution in [3.63, 3.8) is 0 Å². The predicted molar refractivity (Wildman–Crippen MR) is 105 cm³/mol. The maximum atomic E-state index is 3.50. The molecule has 0 aliphatic carbocycles. The van der Waals surface area contributed by atoms with Crippen LogP contribution in [0, 0.1) is 6.92 Å². The standard InChI is InChI=1S/C22H21N3/c1-18-12-14-22(15-13-18)25-17-20(19-8-4-2-5-9-19)16-24(23-25)21-10-6-3-7-11-21/h2-15,17,23H,16H2,1H3. The zero-order valence-electron chi connectivity index (χ0n) is 14.3. The van der Waals surface area contributed by atoms with Crippen molar-refractivity contribution in [1.29, 1.82) is 0 Å². The fraction of sp³-hybridized carbons (Fsp3) is 0.0909. The van der Waals surface area contributed by atoms with Crippen LogP contribution in [-0.4, -0.2) is 6.54 Å². The number of benzene rings is 3. The number of para-hydroxylation sites is 1. The van der Waals surface area contributed by atoms with E-state index in [9.17, 15) is 0 Å². The molecule has 0 saturated heterocycles. The van der Waals surface area contributed by atoms with Crippen LogP contribution in [0.5, 0.6) is 0 Å². The van der Waals surface area contributed by atoms with Gasteiger partial charge in [0.25, 0.3) is 0 Å². The number of nitrogens with one attached hydrogen (secondary N) is 1. The molecule has 124 valence electrons. The molecule has 1 heterocycles. The highest BCUT2D eigenvalue weighted by Gasteiger charge is 2.19. The van der Waals surface area contributed by atoms with Gasteiger partial charge in [0, 0.05) is 6.20 Å². The van der Waals surface area contributed by atoms with Gasteiger partial charge in [-0.25, -0.2) is 0 Å². The monoisotopic (exact) mass is 327 g/mol. The Bertz CT molecular complexity index is 855. The molecule has 25 heavy (non-hydrogen) atoms. The van der Waals surface area contributed by atoms with Gasteiger partial charge in [0.1, 0.15) is 0 Å². The molecular weight excluding hydrogens is 306 g/mol. The Balaban J connectivity index is 1.72. The second-order valence-corrected chi connectivity index (χ2v) is 6.25. The van der Waals surface area contributed by atoms with Gasteiger partial charge in [-0.3, -0.25) is 10.0 Å². The number of anilines is 2. The molecule has 1 N–H and O–H groups in total. The van der Waals surface area contributed by atoms with E-state index in [1.54, 1.807) is 0 Å². The number of nitrogens with zero attached hydrogens (tertiary/aromatic N) is 2. The van der Waals surface area contributed by atoms with Crippen LogP contribution in [0.1, 0.15) is 11.1 Å². The van der Waals surface area contributed by atoms with E-state index in [0.717, 1.165) is 17.9 Å². The lowest BCUT2D eigenvalue weighted by Crippen LogP contribution is -2.52. The van der Waals surface area contributed by atoms with Crippen molar-refractivity contribution in [2.75, 3.05) is 16.6 Å². The molecule has 0 saturated carbocycles. The average Bonchev–Trinajstić information content (AvgIpc) is 2.69. The van der Waals surface area contributed by atoms with Crippen LogP contribution in [0.2, 0.25) is 0 Å². The first kappa shape index (κ1) is 15.5. The summed E-state index contributed by atoms with van der Waals surface area (Å²) in [5.74, 6) is 0. The van der Waals surface area contributed by atoms with Crippen LogP contribution in [-0.2, 0) is 0 Å². The van der Waals surface area contributed by atoms with E-state index in [0.29, 0.717) is 0 Å². The highest BCUT2D eigenvalue weighted by atomic mass is 15.8. The Morgan fingerprint density at radius 3 is 2.04 bits per heavy atom. The summed E-state index contributed by atoms with van der Waals surface area (Å²) < 4.78 is 0. The zero-order valence-corrected chi connectivity index (χ0v) is 14.3. The molecule has 0 aromatic heterocycles. The van der Waals surface area contributed by atoms with Crippen LogP contribution in [0.15, 0.2) is 91.1 Å². The van der Waals surface area contributed by atoms with E-state index < -0.39 is 0 Å². The second-order valence-electron chi connectivity index (χ2n) is 6.25. The summed E-state index contributed by atoms with van der Waals surface area (Å²) in [6.07, 6.45) is 2.18. The molecule has 4 rings (SSSR count). The first-order valence-electron chi connectivity index (χ1n) is 8.50. The lowest BCUT2D eigenvalue weighted by molar-refractivity contribution is 0.645. The molecule has 3 aromatic carbocycles. The Labute approximate surface area is 148 Å². The zero-order chi connectivity index (χ0) is 17.1. The first-order valence-corrected chi connectivity index (χ1v) is 8.50. The molecule has 3 heteroatoms. The third-order valence-corrected chi connectivity index (χ3v) is 4.37. The summed E-state index contributed by atoms with van der Waals surface area (Å²) in [6.45, 7) is 2.91. The van der Waals surface area contributed by atoms with E-state index in [1.165, 1.54) is 16.7 Å². The van der Waals surface area contributed by atoms with E-state index in [4.69, 9.17) is 0 Å². The van der Waals surface area contributed by atoms with Crippen molar-refractivity contribution in [3.05, 3.63) is 102 Å². The van der Waals surface area contributed by atoms with Gasteiger partial charge in [-0.1, -0.05) is 66.2 Å². The number of aryl methyl sites for hydroxylation is 1. The third-order valence-electron chi connectivity index (χ3n) is 4.37. The minimum absolute atomic E-state index is 0.802. The van der Waals surface area contributed by atoms with E-state index in [2.05, 4.69) is 108 Å². The van der Waals surface area contributed by atoms with Gasteiger partial charge < -0.3 is 0 Å². The van der Waals surface area contributed by atoms with Crippen LogP contribution >= 0.6 is 0 Å². The van der Waals surface area contributed by atoms with Crippen molar-refractivity contribution in [3.8, 4) is 0 Å². The van der Waals surface area contributed by atoms with Crippen LogP contribution in [0.3, 0.4) is 0 Å². The Morgan fingerprint density at radius 2 is 1.36 bits per heavy atom. The fourth-order valence-electron chi connectivity index (χ4n) is 2.97. The van der Waals surface area contributed by atoms with Crippen molar-refractivity contribution in [2.24, 2.45) is 0 Å². The third kappa shape index (κ3) is 3.42. The Morgan fingerprint density at radius 1 is 0.720 bits per heavy atom. The smallest absolute Gasteiger partial charge is 0.0633 e. The number of hydrazine groups is 2. The van der Waals surface area contributed by atoms with Crippen molar-refractivity contribution in [1.82, 2.24) is 5.53 Å². The van der Waals surface area contributed by atoms with Gasteiger partial charge in [0.05, 0.1) is 17.9 Å². The molecule has 0 unspecified atom stereocenters. The Kier molecular flexibility index (Phi) is 4.23. The maximum Gasteiger partial charge on any atom is 0.0633 e. The topological polar surface area (TPSA) is 18.5 Å².